The summed E-state index contributed by atoms with van der Waals surface area (Å²) < 4.78 is 0. The number of hydrogen-bond acceptors (Lipinski definition) is 0. The molecule has 2 aromatic carbocycles. The van der Waals surface area contributed by atoms with Crippen molar-refractivity contribution < 1.29 is 35.7 Å². The summed E-state index contributed by atoms with van der Waals surface area (Å²) in [6.45, 7) is 11.3. The van der Waals surface area contributed by atoms with E-state index in [9.17, 15) is 0 Å². The molecule has 0 fully saturated rings. The molecule has 0 heterocycles. The van der Waals surface area contributed by atoms with Crippen molar-refractivity contribution in [2.75, 3.05) is 0 Å². The van der Waals surface area contributed by atoms with Crippen molar-refractivity contribution in [1.29, 1.82) is 0 Å². The van der Waals surface area contributed by atoms with Crippen molar-refractivity contribution in [3.05, 3.63) is 88.4 Å². The normalized spacial score (nSPS) is 20.9. The van der Waals surface area contributed by atoms with Gasteiger partial charge in [-0.15, -0.1) is 0 Å². The third-order valence-corrected chi connectivity index (χ3v) is 6.58. The van der Waals surface area contributed by atoms with E-state index in [1.54, 1.807) is 23.3 Å². The van der Waals surface area contributed by atoms with E-state index in [1.807, 2.05) is 6.88 Å². The molecule has 0 aliphatic heterocycles. The summed E-state index contributed by atoms with van der Waals surface area (Å²) in [6.07, 6.45) is 9.52. The minimum atomic E-state index is 0. The quantitative estimate of drug-likeness (QED) is 0.438. The molecular formula is C26H31ClSiZr. The van der Waals surface area contributed by atoms with Crippen LogP contribution in [0.25, 0.3) is 12.2 Å². The van der Waals surface area contributed by atoms with Crippen molar-refractivity contribution in [2.45, 2.75) is 52.4 Å². The van der Waals surface area contributed by atoms with Gasteiger partial charge in [-0.25, -0.2) is 0 Å². The Morgan fingerprint density at radius 2 is 1.28 bits per heavy atom. The molecule has 2 aliphatic carbocycles. The Morgan fingerprint density at radius 1 is 0.862 bits per heavy atom. The van der Waals surface area contributed by atoms with Gasteiger partial charge in [0, 0.05) is 11.8 Å². The van der Waals surface area contributed by atoms with Crippen molar-refractivity contribution in [2.24, 2.45) is 5.41 Å². The minimum absolute atomic E-state index is 0. The molecule has 0 saturated heterocycles. The summed E-state index contributed by atoms with van der Waals surface area (Å²) in [5.74, 6) is 0.969. The molecule has 0 spiro atoms. The van der Waals surface area contributed by atoms with Crippen LogP contribution < -0.4 is 12.4 Å². The van der Waals surface area contributed by atoms with E-state index in [-0.39, 0.29) is 17.8 Å². The number of rotatable bonds is 5. The first kappa shape index (κ1) is 24.6. The summed E-state index contributed by atoms with van der Waals surface area (Å²) in [7, 11) is 0. The van der Waals surface area contributed by atoms with E-state index >= 15 is 0 Å². The fraction of sp³-hybridized carbons (Fsp3) is 0.346. The zero-order valence-corrected chi connectivity index (χ0v) is 22.6. The first-order valence-corrected chi connectivity index (χ1v) is 16.2. The van der Waals surface area contributed by atoms with Crippen LogP contribution in [0, 0.1) is 11.8 Å². The van der Waals surface area contributed by atoms with Crippen LogP contribution in [0.1, 0.15) is 74.6 Å². The van der Waals surface area contributed by atoms with Crippen LogP contribution in [0.15, 0.2) is 59.7 Å². The molecule has 0 radical (unpaired) electrons. The molecule has 0 nitrogen and oxygen atoms in total. The Balaban J connectivity index is 0.000000970. The molecule has 3 heteroatoms. The zero-order chi connectivity index (χ0) is 20.3. The number of allylic oxidation sites excluding steroid dienone is 2. The van der Waals surface area contributed by atoms with Crippen molar-refractivity contribution >= 4 is 19.0 Å². The van der Waals surface area contributed by atoms with Gasteiger partial charge in [-0.05, 0) is 41.5 Å². The van der Waals surface area contributed by atoms with Gasteiger partial charge in [-0.2, -0.15) is 13.3 Å². The first-order chi connectivity index (χ1) is 13.6. The van der Waals surface area contributed by atoms with Gasteiger partial charge in [0.05, 0.1) is 0 Å². The Bertz CT molecular complexity index is 847. The molecular weight excluding hydrogens is 467 g/mol. The Hall–Kier alpha value is -0.690. The molecule has 29 heavy (non-hydrogen) atoms. The molecule has 0 saturated carbocycles. The Morgan fingerprint density at radius 3 is 1.69 bits per heavy atom. The second-order valence-electron chi connectivity index (χ2n) is 8.35. The topological polar surface area (TPSA) is 0 Å². The number of benzene rings is 2. The second kappa shape index (κ2) is 10.6. The molecule has 2 unspecified atom stereocenters. The van der Waals surface area contributed by atoms with Gasteiger partial charge in [-0.3, -0.25) is 0 Å². The average molecular weight is 498 g/mol. The molecule has 0 aromatic heterocycles. The van der Waals surface area contributed by atoms with Crippen molar-refractivity contribution in [3.8, 4) is 0 Å². The molecule has 2 aromatic rings. The maximum atomic E-state index is 2.53. The zero-order valence-electron chi connectivity index (χ0n) is 18.0. The van der Waals surface area contributed by atoms with Crippen molar-refractivity contribution in [3.63, 3.8) is 0 Å². The average Bonchev–Trinajstić information content (AvgIpc) is 3.23. The predicted molar refractivity (Wildman–Crippen MR) is 122 cm³/mol. The van der Waals surface area contributed by atoms with Gasteiger partial charge in [0.2, 0.25) is 0 Å². The number of halogens is 1. The molecule has 2 atom stereocenters. The van der Waals surface area contributed by atoms with E-state index in [0.717, 1.165) is 6.42 Å². The summed E-state index contributed by atoms with van der Waals surface area (Å²) in [5, 5.41) is 0. The van der Waals surface area contributed by atoms with Crippen LogP contribution in [-0.4, -0.2) is 6.88 Å². The second-order valence-corrected chi connectivity index (χ2v) is 8.35. The third-order valence-electron chi connectivity index (χ3n) is 6.58. The monoisotopic (exact) mass is 496 g/mol. The van der Waals surface area contributed by atoms with Crippen molar-refractivity contribution in [1.82, 2.24) is 0 Å². The Labute approximate surface area is 199 Å². The van der Waals surface area contributed by atoms with E-state index in [1.165, 1.54) is 39.8 Å². The van der Waals surface area contributed by atoms with Gasteiger partial charge in [0.15, 0.2) is 0 Å². The van der Waals surface area contributed by atoms with Gasteiger partial charge in [-0.1, -0.05) is 85.2 Å². The van der Waals surface area contributed by atoms with Crippen LogP contribution in [-0.2, 0) is 23.3 Å². The fourth-order valence-corrected chi connectivity index (χ4v) is 5.62. The molecule has 2 aliphatic rings. The van der Waals surface area contributed by atoms with Crippen LogP contribution in [0.4, 0.5) is 0 Å². The summed E-state index contributed by atoms with van der Waals surface area (Å²) in [4.78, 5) is 0. The van der Waals surface area contributed by atoms with E-state index in [2.05, 4.69) is 94.8 Å². The van der Waals surface area contributed by atoms with E-state index in [4.69, 9.17) is 0 Å². The number of unbranched alkanes of at least 4 members (excludes halogenated alkanes) is 1. The third kappa shape index (κ3) is 4.51. The summed E-state index contributed by atoms with van der Waals surface area (Å²) in [5.41, 5.74) is 9.06. The number of hydrogen-bond donors (Lipinski definition) is 0. The molecule has 0 amide bonds. The Kier molecular flexibility index (Phi) is 8.95. The summed E-state index contributed by atoms with van der Waals surface area (Å²) >= 11 is 1.58. The summed E-state index contributed by atoms with van der Waals surface area (Å²) in [6, 6.07) is 18.0. The molecule has 4 rings (SSSR count). The van der Waals surface area contributed by atoms with Gasteiger partial charge < -0.3 is 18.8 Å². The van der Waals surface area contributed by atoms with Gasteiger partial charge >= 0.3 is 30.2 Å². The maximum absolute atomic E-state index is 2.53. The first-order valence-electron chi connectivity index (χ1n) is 10.2. The van der Waals surface area contributed by atoms with Gasteiger partial charge in [0.1, 0.15) is 0 Å². The van der Waals surface area contributed by atoms with Crippen LogP contribution in [0.3, 0.4) is 0 Å². The van der Waals surface area contributed by atoms with Crippen LogP contribution in [0.2, 0.25) is 0 Å². The fourth-order valence-electron chi connectivity index (χ4n) is 5.62. The SMILES string of the molecule is C[CH-]CCC(C)(C1C(C)=Cc2ccccc21)C1C(C)=Cc2ccccc21.[Cl-].[SiH2]=[Zr+2]. The van der Waals surface area contributed by atoms with Crippen LogP contribution >= 0.6 is 0 Å². The van der Waals surface area contributed by atoms with Gasteiger partial charge in [0.25, 0.3) is 0 Å². The standard InChI is InChI=1S/C26H29.ClH.H2Si.Zr/c1-5-6-15-26(4,24-18(2)16-20-11-7-9-13-22(20)24)25-19(3)17-21-12-8-10-14-23(21)25;;;/h5,7-14,16-17,24-25H,6,15H2,1-4H3;1H;1H2;/q-1;;;+2/p-1. The molecule has 0 bridgehead atoms. The van der Waals surface area contributed by atoms with E-state index in [0.29, 0.717) is 11.8 Å². The van der Waals surface area contributed by atoms with E-state index < -0.39 is 0 Å². The predicted octanol–water partition coefficient (Wildman–Crippen LogP) is 3.48. The number of fused-ring (bicyclic) bond motifs is 2. The van der Waals surface area contributed by atoms with Crippen LogP contribution in [0.5, 0.6) is 0 Å². The molecule has 0 N–H and O–H groups in total. The molecule has 150 valence electrons.